The molecule has 0 bridgehead atoms. The SMILES string of the molecule is COCC12CC[C@@](C)(O)C[C@H]1CC[C@@H]1[C@@H]2CC[C@]2(C)[C@@H](C(=O)Cn3cc(C#N)cn3)CC[C@@H]12. The lowest BCUT2D eigenvalue weighted by atomic mass is 9.43. The first-order valence-electron chi connectivity index (χ1n) is 12.9. The molecule has 0 aliphatic heterocycles. The van der Waals surface area contributed by atoms with Gasteiger partial charge in [-0.1, -0.05) is 6.92 Å². The van der Waals surface area contributed by atoms with Gasteiger partial charge in [-0.15, -0.1) is 0 Å². The summed E-state index contributed by atoms with van der Waals surface area (Å²) in [5, 5.41) is 24.1. The molecule has 0 aromatic carbocycles. The molecule has 1 unspecified atom stereocenters. The molecule has 0 saturated heterocycles. The molecule has 1 aromatic heterocycles. The topological polar surface area (TPSA) is 88.1 Å². The van der Waals surface area contributed by atoms with Crippen LogP contribution >= 0.6 is 0 Å². The maximum absolute atomic E-state index is 13.4. The molecule has 8 atom stereocenters. The Bertz CT molecular complexity index is 949. The van der Waals surface area contributed by atoms with Gasteiger partial charge in [-0.05, 0) is 99.2 Å². The Labute approximate surface area is 197 Å². The second-order valence-corrected chi connectivity index (χ2v) is 12.2. The zero-order valence-electron chi connectivity index (χ0n) is 20.4. The number of rotatable bonds is 5. The molecule has 180 valence electrons. The summed E-state index contributed by atoms with van der Waals surface area (Å²) >= 11 is 0. The number of aromatic nitrogens is 2. The van der Waals surface area contributed by atoms with Gasteiger partial charge in [0.15, 0.2) is 5.78 Å². The molecule has 4 aliphatic rings. The molecule has 6 heteroatoms. The van der Waals surface area contributed by atoms with Crippen LogP contribution in [0.25, 0.3) is 0 Å². The van der Waals surface area contributed by atoms with Crippen molar-refractivity contribution in [2.24, 2.45) is 40.4 Å². The fourth-order valence-corrected chi connectivity index (χ4v) is 9.09. The Morgan fingerprint density at radius 2 is 2.03 bits per heavy atom. The minimum absolute atomic E-state index is 0.0602. The number of carbonyl (C=O) groups is 1. The Balaban J connectivity index is 1.36. The predicted octanol–water partition coefficient (Wildman–Crippen LogP) is 4.36. The van der Waals surface area contributed by atoms with E-state index < -0.39 is 5.60 Å². The number of carbonyl (C=O) groups excluding carboxylic acids is 1. The molecule has 0 spiro atoms. The average molecular weight is 454 g/mol. The van der Waals surface area contributed by atoms with Crippen molar-refractivity contribution in [3.63, 3.8) is 0 Å². The van der Waals surface area contributed by atoms with E-state index in [1.54, 1.807) is 10.9 Å². The number of nitriles is 1. The molecular weight excluding hydrogens is 414 g/mol. The van der Waals surface area contributed by atoms with E-state index in [1.807, 2.05) is 14.0 Å². The van der Waals surface area contributed by atoms with Crippen LogP contribution in [0.1, 0.15) is 77.2 Å². The second-order valence-electron chi connectivity index (χ2n) is 12.2. The highest BCUT2D eigenvalue weighted by molar-refractivity contribution is 5.82. The van der Waals surface area contributed by atoms with Crippen molar-refractivity contribution in [3.8, 4) is 6.07 Å². The van der Waals surface area contributed by atoms with E-state index >= 15 is 0 Å². The lowest BCUT2D eigenvalue weighted by Gasteiger charge is -2.62. The molecule has 33 heavy (non-hydrogen) atoms. The zero-order valence-corrected chi connectivity index (χ0v) is 20.4. The van der Waals surface area contributed by atoms with Crippen LogP contribution in [-0.4, -0.2) is 40.0 Å². The summed E-state index contributed by atoms with van der Waals surface area (Å²) in [5.74, 6) is 2.80. The van der Waals surface area contributed by atoms with Crippen molar-refractivity contribution in [1.82, 2.24) is 9.78 Å². The summed E-state index contributed by atoms with van der Waals surface area (Å²) in [6.45, 7) is 5.48. The molecular formula is C27H39N3O3. The van der Waals surface area contributed by atoms with Gasteiger partial charge in [0, 0.05) is 19.2 Å². The van der Waals surface area contributed by atoms with Gasteiger partial charge < -0.3 is 9.84 Å². The van der Waals surface area contributed by atoms with Crippen molar-refractivity contribution in [2.75, 3.05) is 13.7 Å². The Kier molecular flexibility index (Phi) is 5.73. The van der Waals surface area contributed by atoms with E-state index in [4.69, 9.17) is 10.00 Å². The number of ketones is 1. The van der Waals surface area contributed by atoms with E-state index in [1.165, 1.54) is 25.5 Å². The maximum atomic E-state index is 13.4. The molecule has 0 radical (unpaired) electrons. The molecule has 4 saturated carbocycles. The first-order valence-corrected chi connectivity index (χ1v) is 12.9. The van der Waals surface area contributed by atoms with E-state index in [-0.39, 0.29) is 29.1 Å². The number of hydrogen-bond acceptors (Lipinski definition) is 5. The molecule has 6 nitrogen and oxygen atoms in total. The normalized spacial score (nSPS) is 44.4. The molecule has 1 aromatic rings. The van der Waals surface area contributed by atoms with E-state index in [2.05, 4.69) is 18.1 Å². The van der Waals surface area contributed by atoms with Crippen LogP contribution in [0.5, 0.6) is 0 Å². The largest absolute Gasteiger partial charge is 0.390 e. The van der Waals surface area contributed by atoms with Crippen LogP contribution in [0.2, 0.25) is 0 Å². The number of Topliss-reactive ketones (excluding diaryl/α,β-unsaturated/α-hetero) is 1. The third-order valence-electron chi connectivity index (χ3n) is 10.5. The van der Waals surface area contributed by atoms with Crippen molar-refractivity contribution in [1.29, 1.82) is 5.26 Å². The summed E-state index contributed by atoms with van der Waals surface area (Å²) in [5.41, 5.74) is 0.211. The van der Waals surface area contributed by atoms with Crippen molar-refractivity contribution in [2.45, 2.75) is 83.8 Å². The highest BCUT2D eigenvalue weighted by Gasteiger charge is 2.63. The molecule has 4 fully saturated rings. The number of fused-ring (bicyclic) bond motifs is 5. The van der Waals surface area contributed by atoms with Gasteiger partial charge >= 0.3 is 0 Å². The van der Waals surface area contributed by atoms with Gasteiger partial charge in [0.05, 0.1) is 30.5 Å². The minimum atomic E-state index is -0.541. The van der Waals surface area contributed by atoms with Crippen LogP contribution in [-0.2, 0) is 16.1 Å². The third kappa shape index (κ3) is 3.67. The van der Waals surface area contributed by atoms with Gasteiger partial charge in [0.2, 0.25) is 0 Å². The van der Waals surface area contributed by atoms with Crippen LogP contribution in [0, 0.1) is 51.8 Å². The van der Waals surface area contributed by atoms with Gasteiger partial charge in [0.25, 0.3) is 0 Å². The Morgan fingerprint density at radius 3 is 2.76 bits per heavy atom. The van der Waals surface area contributed by atoms with Crippen LogP contribution < -0.4 is 0 Å². The number of methoxy groups -OCH3 is 1. The highest BCUT2D eigenvalue weighted by Crippen LogP contribution is 2.68. The first kappa shape index (κ1) is 23.1. The van der Waals surface area contributed by atoms with Gasteiger partial charge in [-0.3, -0.25) is 9.48 Å². The summed E-state index contributed by atoms with van der Waals surface area (Å²) in [6.07, 6.45) is 12.8. The Hall–Kier alpha value is -1.71. The average Bonchev–Trinajstić information content (AvgIpc) is 3.37. The highest BCUT2D eigenvalue weighted by atomic mass is 16.5. The maximum Gasteiger partial charge on any atom is 0.157 e. The third-order valence-corrected chi connectivity index (χ3v) is 10.5. The van der Waals surface area contributed by atoms with Crippen molar-refractivity contribution < 1.29 is 14.6 Å². The quantitative estimate of drug-likeness (QED) is 0.716. The van der Waals surface area contributed by atoms with Crippen LogP contribution in [0.4, 0.5) is 0 Å². The van der Waals surface area contributed by atoms with Gasteiger partial charge in [0.1, 0.15) is 6.07 Å². The first-order chi connectivity index (χ1) is 15.7. The number of nitrogens with zero attached hydrogens (tertiary/aromatic N) is 3. The fourth-order valence-electron chi connectivity index (χ4n) is 9.09. The second kappa shape index (κ2) is 8.20. The standard InChI is InChI=1S/C27H39N3O3/c1-25(32)10-11-27(17-33-3)19(12-25)4-5-20-21-6-7-23(26(21,2)9-8-22(20)27)24(31)16-30-15-18(13-28)14-29-30/h14-15,19-23,32H,4-12,16-17H2,1-3H3/t19-,20+,21+,22+,23-,25-,26+,27?/m1/s1. The van der Waals surface area contributed by atoms with E-state index in [0.717, 1.165) is 45.1 Å². The van der Waals surface area contributed by atoms with Crippen LogP contribution in [0.3, 0.4) is 0 Å². The van der Waals surface area contributed by atoms with E-state index in [0.29, 0.717) is 29.2 Å². The molecule has 5 rings (SSSR count). The summed E-state index contributed by atoms with van der Waals surface area (Å²) in [4.78, 5) is 13.4. The number of aliphatic hydroxyl groups is 1. The number of ether oxygens (including phenoxy) is 1. The number of hydrogen-bond donors (Lipinski definition) is 1. The smallest absolute Gasteiger partial charge is 0.157 e. The van der Waals surface area contributed by atoms with Crippen molar-refractivity contribution >= 4 is 5.78 Å². The van der Waals surface area contributed by atoms with E-state index in [9.17, 15) is 9.90 Å². The lowest BCUT2D eigenvalue weighted by molar-refractivity contribution is -0.175. The van der Waals surface area contributed by atoms with Crippen molar-refractivity contribution in [3.05, 3.63) is 18.0 Å². The van der Waals surface area contributed by atoms with Gasteiger partial charge in [-0.2, -0.15) is 10.4 Å². The molecule has 1 N–H and O–H groups in total. The molecule has 0 amide bonds. The lowest BCUT2D eigenvalue weighted by Crippen LogP contribution is -2.58. The fraction of sp³-hybridized carbons (Fsp3) is 0.815. The monoisotopic (exact) mass is 453 g/mol. The molecule has 4 aliphatic carbocycles. The Morgan fingerprint density at radius 1 is 1.21 bits per heavy atom. The summed E-state index contributed by atoms with van der Waals surface area (Å²) in [7, 11) is 1.84. The molecule has 1 heterocycles. The summed E-state index contributed by atoms with van der Waals surface area (Å²) < 4.78 is 7.50. The minimum Gasteiger partial charge on any atom is -0.390 e. The summed E-state index contributed by atoms with van der Waals surface area (Å²) in [6, 6.07) is 2.10. The van der Waals surface area contributed by atoms with Gasteiger partial charge in [-0.25, -0.2) is 0 Å². The van der Waals surface area contributed by atoms with Crippen LogP contribution in [0.15, 0.2) is 12.4 Å². The zero-order chi connectivity index (χ0) is 23.4. The predicted molar refractivity (Wildman–Crippen MR) is 124 cm³/mol.